The van der Waals surface area contributed by atoms with Gasteiger partial charge >= 0.3 is 5.69 Å². The third kappa shape index (κ3) is 1.94. The van der Waals surface area contributed by atoms with Crippen molar-refractivity contribution in [2.24, 2.45) is 20.0 Å². The topological polar surface area (TPSA) is 71.0 Å². The molecule has 20 heavy (non-hydrogen) atoms. The first-order chi connectivity index (χ1) is 9.50. The summed E-state index contributed by atoms with van der Waals surface area (Å²) in [5.74, 6) is 0.378. The molecule has 3 rings (SSSR count). The van der Waals surface area contributed by atoms with Gasteiger partial charge < -0.3 is 9.30 Å². The normalized spacial score (nSPS) is 19.1. The van der Waals surface area contributed by atoms with Gasteiger partial charge in [0.1, 0.15) is 0 Å². The molecule has 0 bridgehead atoms. The molecule has 1 saturated heterocycles. The lowest BCUT2D eigenvalue weighted by atomic mass is 10.1. The standard InChI is InChI=1S/C12H15BrN4O3/c1-15-9-8(10(18)16(2)12(15)19)14-11(13)17(9)5-7-3-4-20-6-7/h7H,3-6H2,1-2H3/t7-/m1/s1. The van der Waals surface area contributed by atoms with Crippen molar-refractivity contribution in [3.8, 4) is 0 Å². The number of hydrogen-bond donors (Lipinski definition) is 0. The quantitative estimate of drug-likeness (QED) is 0.732. The van der Waals surface area contributed by atoms with Crippen LogP contribution in [0.5, 0.6) is 0 Å². The van der Waals surface area contributed by atoms with Crippen LogP contribution in [0.1, 0.15) is 6.42 Å². The number of aromatic nitrogens is 4. The minimum absolute atomic E-state index is 0.306. The Morgan fingerprint density at radius 3 is 2.75 bits per heavy atom. The summed E-state index contributed by atoms with van der Waals surface area (Å²) in [4.78, 5) is 28.4. The highest BCUT2D eigenvalue weighted by atomic mass is 79.9. The third-order valence-corrected chi connectivity index (χ3v) is 4.36. The SMILES string of the molecule is Cn1c(=O)c2nc(Br)n(C[C@H]3CCOC3)c2n(C)c1=O. The lowest BCUT2D eigenvalue weighted by Crippen LogP contribution is -2.37. The van der Waals surface area contributed by atoms with Gasteiger partial charge in [-0.1, -0.05) is 0 Å². The maximum atomic E-state index is 12.1. The van der Waals surface area contributed by atoms with Crippen LogP contribution in [0.4, 0.5) is 0 Å². The average molecular weight is 343 g/mol. The maximum absolute atomic E-state index is 12.1. The van der Waals surface area contributed by atoms with Crippen LogP contribution in [0.25, 0.3) is 11.2 Å². The van der Waals surface area contributed by atoms with Gasteiger partial charge in [0.15, 0.2) is 15.9 Å². The van der Waals surface area contributed by atoms with E-state index in [1.54, 1.807) is 7.05 Å². The van der Waals surface area contributed by atoms with Crippen molar-refractivity contribution >= 4 is 27.1 Å². The molecule has 1 atom stereocenters. The first-order valence-corrected chi connectivity index (χ1v) is 7.19. The first-order valence-electron chi connectivity index (χ1n) is 6.40. The van der Waals surface area contributed by atoms with E-state index in [4.69, 9.17) is 4.74 Å². The summed E-state index contributed by atoms with van der Waals surface area (Å²) < 4.78 is 10.3. The molecule has 0 N–H and O–H groups in total. The van der Waals surface area contributed by atoms with E-state index < -0.39 is 0 Å². The molecule has 0 amide bonds. The Hall–Kier alpha value is -1.41. The minimum atomic E-state index is -0.370. The smallest absolute Gasteiger partial charge is 0.332 e. The molecule has 2 aromatic heterocycles. The summed E-state index contributed by atoms with van der Waals surface area (Å²) in [6.45, 7) is 2.14. The Bertz CT molecular complexity index is 783. The zero-order valence-corrected chi connectivity index (χ0v) is 12.9. The summed E-state index contributed by atoms with van der Waals surface area (Å²) >= 11 is 3.38. The minimum Gasteiger partial charge on any atom is -0.381 e. The second-order valence-corrected chi connectivity index (χ2v) is 5.81. The molecular formula is C12H15BrN4O3. The number of imidazole rings is 1. The molecule has 0 aromatic carbocycles. The van der Waals surface area contributed by atoms with Gasteiger partial charge in [0.25, 0.3) is 5.56 Å². The van der Waals surface area contributed by atoms with Gasteiger partial charge in [-0.3, -0.25) is 13.9 Å². The van der Waals surface area contributed by atoms with E-state index in [0.29, 0.717) is 35.0 Å². The van der Waals surface area contributed by atoms with Gasteiger partial charge in [0.2, 0.25) is 0 Å². The summed E-state index contributed by atoms with van der Waals surface area (Å²) in [6.07, 6.45) is 0.977. The van der Waals surface area contributed by atoms with E-state index in [0.717, 1.165) is 17.6 Å². The first kappa shape index (κ1) is 13.6. The lowest BCUT2D eigenvalue weighted by molar-refractivity contribution is 0.182. The predicted molar refractivity (Wildman–Crippen MR) is 76.8 cm³/mol. The fourth-order valence-corrected chi connectivity index (χ4v) is 3.10. The van der Waals surface area contributed by atoms with Gasteiger partial charge in [0.05, 0.1) is 6.61 Å². The molecule has 0 saturated carbocycles. The van der Waals surface area contributed by atoms with E-state index in [-0.39, 0.29) is 11.2 Å². The fraction of sp³-hybridized carbons (Fsp3) is 0.583. The number of aryl methyl sites for hydroxylation is 1. The fourth-order valence-electron chi connectivity index (χ4n) is 2.61. The molecule has 0 aliphatic carbocycles. The number of nitrogens with zero attached hydrogens (tertiary/aromatic N) is 4. The third-order valence-electron chi connectivity index (χ3n) is 3.76. The zero-order chi connectivity index (χ0) is 14.4. The van der Waals surface area contributed by atoms with Crippen molar-refractivity contribution in [2.75, 3.05) is 13.2 Å². The van der Waals surface area contributed by atoms with Gasteiger partial charge in [-0.05, 0) is 22.4 Å². The maximum Gasteiger partial charge on any atom is 0.332 e. The van der Waals surface area contributed by atoms with Crippen LogP contribution in [0.3, 0.4) is 0 Å². The number of hydrogen-bond acceptors (Lipinski definition) is 4. The number of rotatable bonds is 2. The molecule has 2 aromatic rings. The Labute approximate surface area is 122 Å². The highest BCUT2D eigenvalue weighted by Crippen LogP contribution is 2.22. The number of ether oxygens (including phenoxy) is 1. The van der Waals surface area contributed by atoms with E-state index in [1.165, 1.54) is 11.6 Å². The lowest BCUT2D eigenvalue weighted by Gasteiger charge is -2.12. The second-order valence-electron chi connectivity index (χ2n) is 5.10. The monoisotopic (exact) mass is 342 g/mol. The van der Waals surface area contributed by atoms with Gasteiger partial charge in [-0.15, -0.1) is 0 Å². The highest BCUT2D eigenvalue weighted by molar-refractivity contribution is 9.10. The highest BCUT2D eigenvalue weighted by Gasteiger charge is 2.22. The van der Waals surface area contributed by atoms with E-state index in [2.05, 4.69) is 20.9 Å². The molecule has 0 spiro atoms. The van der Waals surface area contributed by atoms with Crippen LogP contribution in [0.15, 0.2) is 14.3 Å². The Kier molecular flexibility index (Phi) is 3.29. The molecule has 7 nitrogen and oxygen atoms in total. The summed E-state index contributed by atoms with van der Waals surface area (Å²) in [7, 11) is 3.11. The van der Waals surface area contributed by atoms with Gasteiger partial charge in [-0.2, -0.15) is 0 Å². The van der Waals surface area contributed by atoms with E-state index in [1.807, 2.05) is 4.57 Å². The van der Waals surface area contributed by atoms with E-state index >= 15 is 0 Å². The number of halogens is 1. The van der Waals surface area contributed by atoms with Crippen LogP contribution < -0.4 is 11.2 Å². The molecular weight excluding hydrogens is 328 g/mol. The Morgan fingerprint density at radius 2 is 2.10 bits per heavy atom. The van der Waals surface area contributed by atoms with Gasteiger partial charge in [-0.25, -0.2) is 9.78 Å². The van der Waals surface area contributed by atoms with Crippen LogP contribution in [-0.2, 0) is 25.4 Å². The van der Waals surface area contributed by atoms with Crippen molar-refractivity contribution in [3.05, 3.63) is 25.6 Å². The van der Waals surface area contributed by atoms with Crippen molar-refractivity contribution in [1.29, 1.82) is 0 Å². The van der Waals surface area contributed by atoms with Crippen LogP contribution >= 0.6 is 15.9 Å². The van der Waals surface area contributed by atoms with Crippen LogP contribution in [0.2, 0.25) is 0 Å². The summed E-state index contributed by atoms with van der Waals surface area (Å²) in [5.41, 5.74) is 0.140. The largest absolute Gasteiger partial charge is 0.381 e. The summed E-state index contributed by atoms with van der Waals surface area (Å²) in [5, 5.41) is 0. The zero-order valence-electron chi connectivity index (χ0n) is 11.3. The van der Waals surface area contributed by atoms with Crippen molar-refractivity contribution in [3.63, 3.8) is 0 Å². The number of fused-ring (bicyclic) bond motifs is 1. The molecule has 0 unspecified atom stereocenters. The van der Waals surface area contributed by atoms with E-state index in [9.17, 15) is 9.59 Å². The molecule has 108 valence electrons. The Morgan fingerprint density at radius 1 is 1.35 bits per heavy atom. The second kappa shape index (κ2) is 4.85. The molecule has 1 aliphatic heterocycles. The van der Waals surface area contributed by atoms with Crippen LogP contribution in [0, 0.1) is 5.92 Å². The van der Waals surface area contributed by atoms with Crippen LogP contribution in [-0.4, -0.2) is 31.9 Å². The Balaban J connectivity index is 2.24. The predicted octanol–water partition coefficient (Wildman–Crippen LogP) is 0.233. The molecule has 1 fully saturated rings. The molecule has 3 heterocycles. The molecule has 1 aliphatic rings. The van der Waals surface area contributed by atoms with Crippen molar-refractivity contribution in [2.45, 2.75) is 13.0 Å². The van der Waals surface area contributed by atoms with Gasteiger partial charge in [0, 0.05) is 33.2 Å². The average Bonchev–Trinajstić information content (AvgIpc) is 3.04. The van der Waals surface area contributed by atoms with Crippen molar-refractivity contribution < 1.29 is 4.74 Å². The molecule has 0 radical (unpaired) electrons. The summed E-state index contributed by atoms with van der Waals surface area (Å²) in [6, 6.07) is 0. The van der Waals surface area contributed by atoms with Crippen molar-refractivity contribution in [1.82, 2.24) is 18.7 Å². The molecule has 8 heteroatoms.